The Kier molecular flexibility index (Phi) is 2.79. The van der Waals surface area contributed by atoms with Gasteiger partial charge in [0.05, 0.1) is 0 Å². The summed E-state index contributed by atoms with van der Waals surface area (Å²) in [7, 11) is 0. The molecule has 1 aromatic carbocycles. The lowest BCUT2D eigenvalue weighted by Gasteiger charge is -2.09. The number of carbonyl (C=O) groups is 1. The predicted molar refractivity (Wildman–Crippen MR) is 59.5 cm³/mol. The summed E-state index contributed by atoms with van der Waals surface area (Å²) in [6.07, 6.45) is 0.543. The number of nitrogens with one attached hydrogen (secondary N) is 1. The standard InChI is InChI=1S/C10H9BrClNO/c11-7-1-2-8(9(12)4-7)6-3-10(14)13-5-6/h1-2,4,6H,3,5H2,(H,13,14). The van der Waals surface area contributed by atoms with Gasteiger partial charge in [-0.15, -0.1) is 0 Å². The summed E-state index contributed by atoms with van der Waals surface area (Å²) in [4.78, 5) is 11.0. The Balaban J connectivity index is 2.28. The van der Waals surface area contributed by atoms with Crippen molar-refractivity contribution >= 4 is 33.4 Å². The molecule has 0 saturated carbocycles. The molecule has 74 valence electrons. The molecule has 14 heavy (non-hydrogen) atoms. The van der Waals surface area contributed by atoms with Crippen molar-refractivity contribution in [2.24, 2.45) is 0 Å². The van der Waals surface area contributed by atoms with E-state index in [1.54, 1.807) is 0 Å². The second-order valence-electron chi connectivity index (χ2n) is 3.37. The van der Waals surface area contributed by atoms with Crippen molar-refractivity contribution in [3.8, 4) is 0 Å². The molecule has 2 rings (SSSR count). The van der Waals surface area contributed by atoms with Crippen LogP contribution < -0.4 is 5.32 Å². The van der Waals surface area contributed by atoms with E-state index in [1.807, 2.05) is 18.2 Å². The zero-order valence-corrected chi connectivity index (χ0v) is 9.73. The molecule has 2 nitrogen and oxygen atoms in total. The summed E-state index contributed by atoms with van der Waals surface area (Å²) in [6.45, 7) is 0.695. The molecule has 1 fully saturated rings. The predicted octanol–water partition coefficient (Wildman–Crippen LogP) is 2.71. The molecule has 0 spiro atoms. The largest absolute Gasteiger partial charge is 0.355 e. The number of rotatable bonds is 1. The maximum absolute atomic E-state index is 11.0. The minimum absolute atomic E-state index is 0.106. The Labute approximate surface area is 95.8 Å². The van der Waals surface area contributed by atoms with Gasteiger partial charge in [-0.1, -0.05) is 33.6 Å². The fourth-order valence-electron chi connectivity index (χ4n) is 1.66. The number of amides is 1. The van der Waals surface area contributed by atoms with Gasteiger partial charge in [0, 0.05) is 28.4 Å². The van der Waals surface area contributed by atoms with Crippen molar-refractivity contribution in [1.29, 1.82) is 0 Å². The molecule has 0 aliphatic carbocycles. The highest BCUT2D eigenvalue weighted by Crippen LogP contribution is 2.31. The Morgan fingerprint density at radius 2 is 2.29 bits per heavy atom. The molecule has 0 bridgehead atoms. The molecule has 1 aliphatic rings. The third-order valence-electron chi connectivity index (χ3n) is 2.38. The van der Waals surface area contributed by atoms with E-state index < -0.39 is 0 Å². The van der Waals surface area contributed by atoms with Crippen LogP contribution in [0.5, 0.6) is 0 Å². The van der Waals surface area contributed by atoms with E-state index >= 15 is 0 Å². The molecular formula is C10H9BrClNO. The van der Waals surface area contributed by atoms with E-state index in [0.29, 0.717) is 13.0 Å². The average molecular weight is 275 g/mol. The van der Waals surface area contributed by atoms with Gasteiger partial charge in [0.1, 0.15) is 0 Å². The third kappa shape index (κ3) is 1.93. The Bertz CT molecular complexity index is 380. The maximum atomic E-state index is 11.0. The molecule has 4 heteroatoms. The normalized spacial score (nSPS) is 21.0. The molecule has 1 unspecified atom stereocenters. The SMILES string of the molecule is O=C1CC(c2ccc(Br)cc2Cl)CN1. The molecule has 1 N–H and O–H groups in total. The molecule has 1 amide bonds. The van der Waals surface area contributed by atoms with Crippen LogP contribution in [0.2, 0.25) is 5.02 Å². The lowest BCUT2D eigenvalue weighted by molar-refractivity contribution is -0.119. The second kappa shape index (κ2) is 3.91. The maximum Gasteiger partial charge on any atom is 0.220 e. The molecule has 1 saturated heterocycles. The van der Waals surface area contributed by atoms with Crippen molar-refractivity contribution < 1.29 is 4.79 Å². The Morgan fingerprint density at radius 1 is 1.50 bits per heavy atom. The lowest BCUT2D eigenvalue weighted by Crippen LogP contribution is -2.13. The van der Waals surface area contributed by atoms with Gasteiger partial charge >= 0.3 is 0 Å². The van der Waals surface area contributed by atoms with Crippen LogP contribution in [0.1, 0.15) is 17.9 Å². The van der Waals surface area contributed by atoms with Crippen LogP contribution in [-0.4, -0.2) is 12.5 Å². The molecule has 1 aliphatic heterocycles. The van der Waals surface area contributed by atoms with Crippen LogP contribution >= 0.6 is 27.5 Å². The topological polar surface area (TPSA) is 29.1 Å². The van der Waals surface area contributed by atoms with E-state index in [0.717, 1.165) is 15.1 Å². The second-order valence-corrected chi connectivity index (χ2v) is 4.69. The van der Waals surface area contributed by atoms with Gasteiger partial charge in [0.25, 0.3) is 0 Å². The number of halogens is 2. The third-order valence-corrected chi connectivity index (χ3v) is 3.20. The van der Waals surface area contributed by atoms with Crippen molar-refractivity contribution in [3.63, 3.8) is 0 Å². The number of carbonyl (C=O) groups excluding carboxylic acids is 1. The van der Waals surface area contributed by atoms with Crippen LogP contribution in [0, 0.1) is 0 Å². The lowest BCUT2D eigenvalue weighted by atomic mass is 9.98. The van der Waals surface area contributed by atoms with Gasteiger partial charge in [-0.05, 0) is 17.7 Å². The van der Waals surface area contributed by atoms with Gasteiger partial charge in [0.2, 0.25) is 5.91 Å². The first kappa shape index (κ1) is 9.99. The summed E-state index contributed by atoms with van der Waals surface area (Å²) in [5.41, 5.74) is 1.05. The summed E-state index contributed by atoms with van der Waals surface area (Å²) in [5, 5.41) is 3.52. The zero-order chi connectivity index (χ0) is 10.1. The molecule has 1 aromatic rings. The van der Waals surface area contributed by atoms with E-state index in [4.69, 9.17) is 11.6 Å². The highest BCUT2D eigenvalue weighted by molar-refractivity contribution is 9.10. The molecule has 0 radical (unpaired) electrons. The highest BCUT2D eigenvalue weighted by atomic mass is 79.9. The summed E-state index contributed by atoms with van der Waals surface area (Å²) in [5.74, 6) is 0.331. The summed E-state index contributed by atoms with van der Waals surface area (Å²) >= 11 is 9.44. The van der Waals surface area contributed by atoms with Gasteiger partial charge < -0.3 is 5.32 Å². The van der Waals surface area contributed by atoms with Crippen LogP contribution in [0.3, 0.4) is 0 Å². The molecule has 1 atom stereocenters. The summed E-state index contributed by atoms with van der Waals surface area (Å²) < 4.78 is 0.962. The average Bonchev–Trinajstić information content (AvgIpc) is 2.51. The molecular weight excluding hydrogens is 265 g/mol. The minimum Gasteiger partial charge on any atom is -0.355 e. The first-order valence-electron chi connectivity index (χ1n) is 4.38. The smallest absolute Gasteiger partial charge is 0.220 e. The molecule has 0 aromatic heterocycles. The van der Waals surface area contributed by atoms with Gasteiger partial charge in [0.15, 0.2) is 0 Å². The van der Waals surface area contributed by atoms with E-state index in [1.165, 1.54) is 0 Å². The Morgan fingerprint density at radius 3 is 2.86 bits per heavy atom. The molecule has 1 heterocycles. The van der Waals surface area contributed by atoms with Crippen molar-refractivity contribution in [2.75, 3.05) is 6.54 Å². The fraction of sp³-hybridized carbons (Fsp3) is 0.300. The van der Waals surface area contributed by atoms with Gasteiger partial charge in [-0.3, -0.25) is 4.79 Å². The van der Waals surface area contributed by atoms with E-state index in [2.05, 4.69) is 21.2 Å². The van der Waals surface area contributed by atoms with Gasteiger partial charge in [-0.2, -0.15) is 0 Å². The number of hydrogen-bond donors (Lipinski definition) is 1. The van der Waals surface area contributed by atoms with Crippen LogP contribution in [0.25, 0.3) is 0 Å². The van der Waals surface area contributed by atoms with E-state index in [9.17, 15) is 4.79 Å². The first-order valence-corrected chi connectivity index (χ1v) is 5.55. The quantitative estimate of drug-likeness (QED) is 0.838. The van der Waals surface area contributed by atoms with Crippen LogP contribution in [0.15, 0.2) is 22.7 Å². The van der Waals surface area contributed by atoms with Crippen molar-refractivity contribution in [1.82, 2.24) is 5.32 Å². The number of benzene rings is 1. The van der Waals surface area contributed by atoms with E-state index in [-0.39, 0.29) is 11.8 Å². The summed E-state index contributed by atoms with van der Waals surface area (Å²) in [6, 6.07) is 5.78. The fourth-order valence-corrected chi connectivity index (χ4v) is 2.49. The Hall–Kier alpha value is -0.540. The minimum atomic E-state index is 0.106. The number of hydrogen-bond acceptors (Lipinski definition) is 1. The van der Waals surface area contributed by atoms with Crippen molar-refractivity contribution in [3.05, 3.63) is 33.3 Å². The van der Waals surface area contributed by atoms with Crippen LogP contribution in [-0.2, 0) is 4.79 Å². The zero-order valence-electron chi connectivity index (χ0n) is 7.39. The van der Waals surface area contributed by atoms with Gasteiger partial charge in [-0.25, -0.2) is 0 Å². The monoisotopic (exact) mass is 273 g/mol. The first-order chi connectivity index (χ1) is 6.66. The van der Waals surface area contributed by atoms with Crippen molar-refractivity contribution in [2.45, 2.75) is 12.3 Å². The van der Waals surface area contributed by atoms with Crippen LogP contribution in [0.4, 0.5) is 0 Å². The highest BCUT2D eigenvalue weighted by Gasteiger charge is 2.24.